The Morgan fingerprint density at radius 1 is 1.33 bits per heavy atom. The molecule has 0 spiro atoms. The summed E-state index contributed by atoms with van der Waals surface area (Å²) in [5.41, 5.74) is 1.16. The average Bonchev–Trinajstić information content (AvgIpc) is 2.18. The SMILES string of the molecule is CC(C)NCCC(C)(C)c1cnccn1. The highest BCUT2D eigenvalue weighted by atomic mass is 14.9. The predicted molar refractivity (Wildman–Crippen MR) is 62.8 cm³/mol. The van der Waals surface area contributed by atoms with Crippen molar-refractivity contribution in [1.82, 2.24) is 15.3 Å². The van der Waals surface area contributed by atoms with E-state index in [2.05, 4.69) is 43.0 Å². The van der Waals surface area contributed by atoms with Crippen molar-refractivity contribution in [2.24, 2.45) is 0 Å². The fraction of sp³-hybridized carbons (Fsp3) is 0.667. The summed E-state index contributed by atoms with van der Waals surface area (Å²) in [7, 11) is 0. The summed E-state index contributed by atoms with van der Waals surface area (Å²) < 4.78 is 0. The maximum Gasteiger partial charge on any atom is 0.0643 e. The minimum Gasteiger partial charge on any atom is -0.314 e. The molecule has 15 heavy (non-hydrogen) atoms. The molecule has 1 N–H and O–H groups in total. The summed E-state index contributed by atoms with van der Waals surface area (Å²) >= 11 is 0. The summed E-state index contributed by atoms with van der Waals surface area (Å²) in [6, 6.07) is 0.544. The van der Waals surface area contributed by atoms with Gasteiger partial charge in [0.2, 0.25) is 0 Å². The van der Waals surface area contributed by atoms with E-state index >= 15 is 0 Å². The molecular weight excluding hydrogens is 186 g/mol. The van der Waals surface area contributed by atoms with Crippen LogP contribution in [0.1, 0.15) is 39.8 Å². The van der Waals surface area contributed by atoms with Crippen LogP contribution >= 0.6 is 0 Å². The van der Waals surface area contributed by atoms with Gasteiger partial charge in [0.1, 0.15) is 0 Å². The first-order chi connectivity index (χ1) is 7.02. The third kappa shape index (κ3) is 3.96. The van der Waals surface area contributed by atoms with Gasteiger partial charge in [0, 0.05) is 30.0 Å². The first kappa shape index (κ1) is 12.1. The zero-order valence-corrected chi connectivity index (χ0v) is 10.1. The smallest absolute Gasteiger partial charge is 0.0643 e. The summed E-state index contributed by atoms with van der Waals surface area (Å²) in [6.07, 6.45) is 6.40. The topological polar surface area (TPSA) is 37.8 Å². The van der Waals surface area contributed by atoms with Gasteiger partial charge in [-0.25, -0.2) is 0 Å². The van der Waals surface area contributed by atoms with E-state index < -0.39 is 0 Å². The number of nitrogens with zero attached hydrogens (tertiary/aromatic N) is 2. The molecule has 0 saturated carbocycles. The van der Waals surface area contributed by atoms with Crippen LogP contribution in [-0.2, 0) is 5.41 Å². The van der Waals surface area contributed by atoms with Gasteiger partial charge in [0.05, 0.1) is 5.69 Å². The highest BCUT2D eigenvalue weighted by molar-refractivity contribution is 5.09. The zero-order chi connectivity index (χ0) is 11.3. The van der Waals surface area contributed by atoms with Crippen molar-refractivity contribution in [3.63, 3.8) is 0 Å². The zero-order valence-electron chi connectivity index (χ0n) is 10.1. The van der Waals surface area contributed by atoms with Gasteiger partial charge in [-0.1, -0.05) is 27.7 Å². The van der Waals surface area contributed by atoms with Crippen LogP contribution < -0.4 is 5.32 Å². The van der Waals surface area contributed by atoms with Gasteiger partial charge in [0.15, 0.2) is 0 Å². The van der Waals surface area contributed by atoms with Crippen LogP contribution in [0.4, 0.5) is 0 Å². The molecule has 0 fully saturated rings. The molecule has 0 aliphatic carbocycles. The van der Waals surface area contributed by atoms with E-state index in [0.717, 1.165) is 18.7 Å². The number of aromatic nitrogens is 2. The van der Waals surface area contributed by atoms with Crippen LogP contribution in [0.15, 0.2) is 18.6 Å². The fourth-order valence-electron chi connectivity index (χ4n) is 1.45. The molecule has 0 radical (unpaired) electrons. The first-order valence-corrected chi connectivity index (χ1v) is 5.52. The summed E-state index contributed by atoms with van der Waals surface area (Å²) in [6.45, 7) is 9.75. The molecule has 1 aromatic heterocycles. The molecule has 0 aliphatic heterocycles. The van der Waals surface area contributed by atoms with Crippen LogP contribution in [0, 0.1) is 0 Å². The molecule has 3 nitrogen and oxygen atoms in total. The Bertz CT molecular complexity index is 280. The van der Waals surface area contributed by atoms with Crippen molar-refractivity contribution in [3.8, 4) is 0 Å². The highest BCUT2D eigenvalue weighted by Crippen LogP contribution is 2.23. The van der Waals surface area contributed by atoms with Crippen molar-refractivity contribution >= 4 is 0 Å². The van der Waals surface area contributed by atoms with Gasteiger partial charge in [-0.15, -0.1) is 0 Å². The fourth-order valence-corrected chi connectivity index (χ4v) is 1.45. The maximum absolute atomic E-state index is 4.36. The lowest BCUT2D eigenvalue weighted by molar-refractivity contribution is 0.430. The molecular formula is C12H21N3. The Morgan fingerprint density at radius 3 is 2.60 bits per heavy atom. The molecule has 0 aliphatic rings. The van der Waals surface area contributed by atoms with Crippen molar-refractivity contribution in [3.05, 3.63) is 24.3 Å². The highest BCUT2D eigenvalue weighted by Gasteiger charge is 2.21. The van der Waals surface area contributed by atoms with Crippen LogP contribution in [0.2, 0.25) is 0 Å². The molecule has 1 heterocycles. The molecule has 0 unspecified atom stereocenters. The van der Waals surface area contributed by atoms with Crippen LogP contribution in [0.5, 0.6) is 0 Å². The molecule has 1 rings (SSSR count). The Kier molecular flexibility index (Phi) is 4.21. The lowest BCUT2D eigenvalue weighted by Gasteiger charge is -2.24. The van der Waals surface area contributed by atoms with Crippen LogP contribution in [0.25, 0.3) is 0 Å². The Labute approximate surface area is 92.3 Å². The lowest BCUT2D eigenvalue weighted by Crippen LogP contribution is -2.30. The molecule has 0 bridgehead atoms. The Balaban J connectivity index is 2.52. The first-order valence-electron chi connectivity index (χ1n) is 5.52. The number of hydrogen-bond donors (Lipinski definition) is 1. The molecule has 1 aromatic rings. The van der Waals surface area contributed by atoms with E-state index in [9.17, 15) is 0 Å². The molecule has 3 heteroatoms. The van der Waals surface area contributed by atoms with E-state index in [1.54, 1.807) is 12.4 Å². The lowest BCUT2D eigenvalue weighted by atomic mass is 9.86. The quantitative estimate of drug-likeness (QED) is 0.804. The molecule has 0 aromatic carbocycles. The minimum absolute atomic E-state index is 0.0934. The molecule has 0 atom stereocenters. The second kappa shape index (κ2) is 5.21. The third-order valence-corrected chi connectivity index (χ3v) is 2.56. The second-order valence-electron chi connectivity index (χ2n) is 4.83. The Hall–Kier alpha value is -0.960. The van der Waals surface area contributed by atoms with Gasteiger partial charge >= 0.3 is 0 Å². The second-order valence-corrected chi connectivity index (χ2v) is 4.83. The average molecular weight is 207 g/mol. The molecule has 84 valence electrons. The summed E-state index contributed by atoms with van der Waals surface area (Å²) in [5, 5.41) is 3.42. The standard InChI is InChI=1S/C12H21N3/c1-10(2)14-6-5-12(3,4)11-9-13-7-8-15-11/h7-10,14H,5-6H2,1-4H3. The number of rotatable bonds is 5. The monoisotopic (exact) mass is 207 g/mol. The van der Waals surface area contributed by atoms with E-state index in [-0.39, 0.29) is 5.41 Å². The Morgan fingerprint density at radius 2 is 2.07 bits per heavy atom. The van der Waals surface area contributed by atoms with Crippen LogP contribution in [-0.4, -0.2) is 22.6 Å². The summed E-state index contributed by atoms with van der Waals surface area (Å²) in [5.74, 6) is 0. The van der Waals surface area contributed by atoms with Gasteiger partial charge in [-0.3, -0.25) is 9.97 Å². The third-order valence-electron chi connectivity index (χ3n) is 2.56. The van der Waals surface area contributed by atoms with Crippen molar-refractivity contribution < 1.29 is 0 Å². The minimum atomic E-state index is 0.0934. The van der Waals surface area contributed by atoms with E-state index in [0.29, 0.717) is 6.04 Å². The van der Waals surface area contributed by atoms with Gasteiger partial charge in [0.25, 0.3) is 0 Å². The van der Waals surface area contributed by atoms with Crippen molar-refractivity contribution in [2.75, 3.05) is 6.54 Å². The van der Waals surface area contributed by atoms with Crippen molar-refractivity contribution in [2.45, 2.75) is 45.6 Å². The molecule has 0 amide bonds. The maximum atomic E-state index is 4.36. The van der Waals surface area contributed by atoms with E-state index in [1.165, 1.54) is 0 Å². The number of hydrogen-bond acceptors (Lipinski definition) is 3. The van der Waals surface area contributed by atoms with Gasteiger partial charge in [-0.05, 0) is 13.0 Å². The van der Waals surface area contributed by atoms with Gasteiger partial charge in [-0.2, -0.15) is 0 Å². The van der Waals surface area contributed by atoms with Gasteiger partial charge < -0.3 is 5.32 Å². The number of nitrogens with one attached hydrogen (secondary N) is 1. The van der Waals surface area contributed by atoms with E-state index in [4.69, 9.17) is 0 Å². The van der Waals surface area contributed by atoms with E-state index in [1.807, 2.05) is 6.20 Å². The van der Waals surface area contributed by atoms with Crippen LogP contribution in [0.3, 0.4) is 0 Å². The normalized spacial score (nSPS) is 12.1. The van der Waals surface area contributed by atoms with Crippen molar-refractivity contribution in [1.29, 1.82) is 0 Å². The largest absolute Gasteiger partial charge is 0.314 e. The predicted octanol–water partition coefficient (Wildman–Crippen LogP) is 2.14. The summed E-state index contributed by atoms with van der Waals surface area (Å²) in [4.78, 5) is 8.47. The molecule has 0 saturated heterocycles.